The molecule has 1 rings (SSSR count). The van der Waals surface area contributed by atoms with E-state index in [1.807, 2.05) is 0 Å². The van der Waals surface area contributed by atoms with Crippen LogP contribution in [-0.4, -0.2) is 55.1 Å². The SMILES string of the molecule is CCC(C)N1CCCC(NC(=O)N(C)C)CC1. The van der Waals surface area contributed by atoms with Crippen LogP contribution in [0.4, 0.5) is 4.79 Å². The van der Waals surface area contributed by atoms with Gasteiger partial charge >= 0.3 is 6.03 Å². The summed E-state index contributed by atoms with van der Waals surface area (Å²) in [5.41, 5.74) is 0. The molecule has 2 unspecified atom stereocenters. The summed E-state index contributed by atoms with van der Waals surface area (Å²) in [6, 6.07) is 1.05. The molecular weight excluding hydrogens is 214 g/mol. The lowest BCUT2D eigenvalue weighted by molar-refractivity contribution is 0.204. The number of hydrogen-bond acceptors (Lipinski definition) is 2. The first kappa shape index (κ1) is 14.3. The Morgan fingerprint density at radius 3 is 2.71 bits per heavy atom. The maximum atomic E-state index is 11.6. The van der Waals surface area contributed by atoms with Gasteiger partial charge in [0.25, 0.3) is 0 Å². The molecule has 2 atom stereocenters. The van der Waals surface area contributed by atoms with Crippen molar-refractivity contribution in [1.82, 2.24) is 15.1 Å². The van der Waals surface area contributed by atoms with E-state index in [4.69, 9.17) is 0 Å². The summed E-state index contributed by atoms with van der Waals surface area (Å²) >= 11 is 0. The highest BCUT2D eigenvalue weighted by molar-refractivity contribution is 5.73. The van der Waals surface area contributed by atoms with Crippen LogP contribution in [0.1, 0.15) is 39.5 Å². The minimum absolute atomic E-state index is 0.0342. The van der Waals surface area contributed by atoms with Crippen LogP contribution in [0.3, 0.4) is 0 Å². The minimum atomic E-state index is 0.0342. The maximum absolute atomic E-state index is 11.6. The van der Waals surface area contributed by atoms with E-state index in [1.54, 1.807) is 19.0 Å². The van der Waals surface area contributed by atoms with Gasteiger partial charge in [-0.25, -0.2) is 4.79 Å². The second-order valence-electron chi connectivity index (χ2n) is 5.26. The Morgan fingerprint density at radius 1 is 1.41 bits per heavy atom. The molecule has 0 radical (unpaired) electrons. The van der Waals surface area contributed by atoms with Crippen LogP contribution < -0.4 is 5.32 Å². The standard InChI is InChI=1S/C13H27N3O/c1-5-11(2)16-9-6-7-12(8-10-16)14-13(17)15(3)4/h11-12H,5-10H2,1-4H3,(H,14,17). The third-order valence-corrected chi connectivity index (χ3v) is 3.71. The number of amides is 2. The predicted octanol–water partition coefficient (Wildman–Crippen LogP) is 1.91. The summed E-state index contributed by atoms with van der Waals surface area (Å²) in [4.78, 5) is 15.7. The van der Waals surface area contributed by atoms with Gasteiger partial charge in [0.05, 0.1) is 0 Å². The lowest BCUT2D eigenvalue weighted by Gasteiger charge is -2.26. The molecule has 1 aliphatic rings. The highest BCUT2D eigenvalue weighted by Crippen LogP contribution is 2.14. The number of rotatable bonds is 3. The first-order chi connectivity index (χ1) is 8.04. The Hall–Kier alpha value is -0.770. The first-order valence-corrected chi connectivity index (χ1v) is 6.76. The van der Waals surface area contributed by atoms with E-state index < -0.39 is 0 Å². The van der Waals surface area contributed by atoms with Gasteiger partial charge in [-0.2, -0.15) is 0 Å². The highest BCUT2D eigenvalue weighted by Gasteiger charge is 2.21. The average molecular weight is 241 g/mol. The van der Waals surface area contributed by atoms with Crippen molar-refractivity contribution >= 4 is 6.03 Å². The topological polar surface area (TPSA) is 35.6 Å². The molecule has 100 valence electrons. The number of urea groups is 1. The number of nitrogens with zero attached hydrogens (tertiary/aromatic N) is 2. The summed E-state index contributed by atoms with van der Waals surface area (Å²) < 4.78 is 0. The van der Waals surface area contributed by atoms with Gasteiger partial charge in [0.15, 0.2) is 0 Å². The van der Waals surface area contributed by atoms with Crippen molar-refractivity contribution in [2.24, 2.45) is 0 Å². The molecule has 4 nitrogen and oxygen atoms in total. The van der Waals surface area contributed by atoms with Crippen molar-refractivity contribution in [3.05, 3.63) is 0 Å². The maximum Gasteiger partial charge on any atom is 0.317 e. The molecule has 0 aromatic rings. The quantitative estimate of drug-likeness (QED) is 0.819. The molecule has 0 spiro atoms. The van der Waals surface area contributed by atoms with Crippen LogP contribution in [0, 0.1) is 0 Å². The Labute approximate surface area is 105 Å². The molecule has 1 fully saturated rings. The van der Waals surface area contributed by atoms with Gasteiger partial charge in [0.2, 0.25) is 0 Å². The molecule has 0 saturated carbocycles. The highest BCUT2D eigenvalue weighted by atomic mass is 16.2. The van der Waals surface area contributed by atoms with E-state index in [-0.39, 0.29) is 6.03 Å². The molecule has 4 heteroatoms. The summed E-state index contributed by atoms with van der Waals surface area (Å²) in [7, 11) is 3.58. The van der Waals surface area contributed by atoms with Crippen LogP contribution >= 0.6 is 0 Å². The van der Waals surface area contributed by atoms with Crippen LogP contribution in [0.2, 0.25) is 0 Å². The zero-order valence-corrected chi connectivity index (χ0v) is 11.7. The van der Waals surface area contributed by atoms with E-state index in [0.717, 1.165) is 19.4 Å². The third-order valence-electron chi connectivity index (χ3n) is 3.71. The zero-order chi connectivity index (χ0) is 12.8. The van der Waals surface area contributed by atoms with E-state index >= 15 is 0 Å². The van der Waals surface area contributed by atoms with E-state index in [9.17, 15) is 4.79 Å². The Kier molecular flexibility index (Phi) is 5.75. The van der Waals surface area contributed by atoms with Crippen LogP contribution in [-0.2, 0) is 0 Å². The number of carbonyl (C=O) groups is 1. The Morgan fingerprint density at radius 2 is 2.12 bits per heavy atom. The molecule has 0 aliphatic carbocycles. The molecule has 0 bridgehead atoms. The normalized spacial score (nSPS) is 23.9. The van der Waals surface area contributed by atoms with Gasteiger partial charge in [-0.15, -0.1) is 0 Å². The second kappa shape index (κ2) is 6.84. The molecule has 0 aromatic heterocycles. The lowest BCUT2D eigenvalue weighted by atomic mass is 10.1. The Bertz CT molecular complexity index is 243. The third kappa shape index (κ3) is 4.54. The summed E-state index contributed by atoms with van der Waals surface area (Å²) in [5, 5.41) is 3.10. The van der Waals surface area contributed by atoms with Crippen molar-refractivity contribution in [1.29, 1.82) is 0 Å². The molecule has 1 N–H and O–H groups in total. The van der Waals surface area contributed by atoms with E-state index in [1.165, 1.54) is 19.4 Å². The molecule has 0 aromatic carbocycles. The van der Waals surface area contributed by atoms with Crippen LogP contribution in [0.15, 0.2) is 0 Å². The molecule has 1 aliphatic heterocycles. The fourth-order valence-corrected chi connectivity index (χ4v) is 2.27. The molecular formula is C13H27N3O. The zero-order valence-electron chi connectivity index (χ0n) is 11.7. The van der Waals surface area contributed by atoms with Crippen molar-refractivity contribution in [3.63, 3.8) is 0 Å². The van der Waals surface area contributed by atoms with E-state index in [0.29, 0.717) is 12.1 Å². The fourth-order valence-electron chi connectivity index (χ4n) is 2.27. The molecule has 2 amide bonds. The fraction of sp³-hybridized carbons (Fsp3) is 0.923. The number of likely N-dealkylation sites (tertiary alicyclic amines) is 1. The number of hydrogen-bond donors (Lipinski definition) is 1. The summed E-state index contributed by atoms with van der Waals surface area (Å²) in [6.07, 6.45) is 4.56. The van der Waals surface area contributed by atoms with Gasteiger partial charge in [-0.05, 0) is 39.2 Å². The van der Waals surface area contributed by atoms with E-state index in [2.05, 4.69) is 24.1 Å². The summed E-state index contributed by atoms with van der Waals surface area (Å²) in [5.74, 6) is 0. The predicted molar refractivity (Wildman–Crippen MR) is 71.2 cm³/mol. The van der Waals surface area contributed by atoms with Crippen LogP contribution in [0.25, 0.3) is 0 Å². The largest absolute Gasteiger partial charge is 0.335 e. The summed E-state index contributed by atoms with van der Waals surface area (Å²) in [6.45, 7) is 6.80. The van der Waals surface area contributed by atoms with Gasteiger partial charge in [-0.3, -0.25) is 0 Å². The van der Waals surface area contributed by atoms with Crippen molar-refractivity contribution in [3.8, 4) is 0 Å². The molecule has 1 heterocycles. The second-order valence-corrected chi connectivity index (χ2v) is 5.26. The van der Waals surface area contributed by atoms with Gasteiger partial charge in [0, 0.05) is 32.7 Å². The smallest absolute Gasteiger partial charge is 0.317 e. The van der Waals surface area contributed by atoms with Crippen molar-refractivity contribution < 1.29 is 4.79 Å². The Balaban J connectivity index is 2.40. The van der Waals surface area contributed by atoms with Crippen LogP contribution in [0.5, 0.6) is 0 Å². The molecule has 17 heavy (non-hydrogen) atoms. The minimum Gasteiger partial charge on any atom is -0.335 e. The van der Waals surface area contributed by atoms with Gasteiger partial charge < -0.3 is 15.1 Å². The average Bonchev–Trinajstić information content (AvgIpc) is 2.53. The van der Waals surface area contributed by atoms with Crippen molar-refractivity contribution in [2.75, 3.05) is 27.2 Å². The monoisotopic (exact) mass is 241 g/mol. The lowest BCUT2D eigenvalue weighted by Crippen LogP contribution is -2.42. The molecule has 1 saturated heterocycles. The van der Waals surface area contributed by atoms with Gasteiger partial charge in [0.1, 0.15) is 0 Å². The van der Waals surface area contributed by atoms with Crippen molar-refractivity contribution in [2.45, 2.75) is 51.6 Å². The van der Waals surface area contributed by atoms with Gasteiger partial charge in [-0.1, -0.05) is 6.92 Å². The number of nitrogens with one attached hydrogen (secondary N) is 1. The number of carbonyl (C=O) groups excluding carboxylic acids is 1. The first-order valence-electron chi connectivity index (χ1n) is 6.76.